The van der Waals surface area contributed by atoms with E-state index in [1.807, 2.05) is 13.8 Å². The summed E-state index contributed by atoms with van der Waals surface area (Å²) in [4.78, 5) is 11.7. The van der Waals surface area contributed by atoms with Gasteiger partial charge in [0.15, 0.2) is 0 Å². The van der Waals surface area contributed by atoms with Crippen molar-refractivity contribution in [1.29, 1.82) is 0 Å². The number of hydrogen-bond donors (Lipinski definition) is 1. The first kappa shape index (κ1) is 20.6. The van der Waals surface area contributed by atoms with E-state index in [-0.39, 0.29) is 29.9 Å². The molecule has 0 radical (unpaired) electrons. The fourth-order valence-electron chi connectivity index (χ4n) is 4.03. The monoisotopic (exact) mass is 371 g/mol. The molecule has 3 rings (SSSR count). The van der Waals surface area contributed by atoms with Gasteiger partial charge >= 0.3 is 6.09 Å². The van der Waals surface area contributed by atoms with E-state index < -0.39 is 29.0 Å². The number of benzene rings is 1. The third kappa shape index (κ3) is 4.33. The van der Waals surface area contributed by atoms with Crippen molar-refractivity contribution in [3.05, 3.63) is 35.4 Å². The highest BCUT2D eigenvalue weighted by Crippen LogP contribution is 2.65. The van der Waals surface area contributed by atoms with Gasteiger partial charge in [0, 0.05) is 17.7 Å². The Morgan fingerprint density at radius 3 is 2.27 bits per heavy atom. The number of carbonyl (C=O) groups excluding carboxylic acids is 1. The number of hydrogen-bond acceptors (Lipinski definition) is 2. The van der Waals surface area contributed by atoms with Crippen LogP contribution in [0.25, 0.3) is 0 Å². The lowest BCUT2D eigenvalue weighted by Gasteiger charge is -2.60. The van der Waals surface area contributed by atoms with Gasteiger partial charge in [-0.05, 0) is 64.0 Å². The minimum absolute atomic E-state index is 0.0394. The maximum Gasteiger partial charge on any atom is 0.407 e. The third-order valence-corrected chi connectivity index (χ3v) is 4.80. The van der Waals surface area contributed by atoms with E-state index in [1.54, 1.807) is 20.8 Å². The first-order chi connectivity index (χ1) is 12.0. The maximum atomic E-state index is 14.9. The highest BCUT2D eigenvalue weighted by molar-refractivity contribution is 5.68. The molecule has 0 aromatic heterocycles. The number of halogens is 3. The van der Waals surface area contributed by atoms with Gasteiger partial charge in [-0.1, -0.05) is 13.8 Å². The Labute approximate surface area is 153 Å². The number of amides is 1. The Kier molecular flexibility index (Phi) is 5.64. The highest BCUT2D eigenvalue weighted by atomic mass is 19.2. The molecule has 1 aromatic rings. The lowest BCUT2D eigenvalue weighted by Crippen LogP contribution is -2.60. The summed E-state index contributed by atoms with van der Waals surface area (Å²) < 4.78 is 46.8. The molecule has 0 aliphatic heterocycles. The van der Waals surface area contributed by atoms with Gasteiger partial charge in [0.05, 0.1) is 0 Å². The number of alkyl carbamates (subject to hydrolysis) is 1. The highest BCUT2D eigenvalue weighted by Gasteiger charge is 2.62. The minimum Gasteiger partial charge on any atom is -0.444 e. The lowest BCUT2D eigenvalue weighted by atomic mass is 9.47. The van der Waals surface area contributed by atoms with Crippen LogP contribution in [0.15, 0.2) is 18.2 Å². The van der Waals surface area contributed by atoms with Crippen LogP contribution >= 0.6 is 0 Å². The molecule has 1 aromatic carbocycles. The lowest BCUT2D eigenvalue weighted by molar-refractivity contribution is -0.133. The van der Waals surface area contributed by atoms with E-state index in [2.05, 4.69) is 5.32 Å². The minimum atomic E-state index is -1.74. The van der Waals surface area contributed by atoms with Crippen molar-refractivity contribution in [2.75, 3.05) is 0 Å². The Hall–Kier alpha value is -1.72. The van der Waals surface area contributed by atoms with E-state index in [0.717, 1.165) is 12.1 Å². The first-order valence-electron chi connectivity index (χ1n) is 9.14. The van der Waals surface area contributed by atoms with Crippen molar-refractivity contribution in [2.45, 2.75) is 77.6 Å². The second-order valence-electron chi connectivity index (χ2n) is 8.19. The van der Waals surface area contributed by atoms with Gasteiger partial charge in [0.25, 0.3) is 0 Å². The molecule has 1 spiro atoms. The Bertz CT molecular complexity index is 656. The Morgan fingerprint density at radius 2 is 1.77 bits per heavy atom. The Balaban J connectivity index is 0.00000117. The van der Waals surface area contributed by atoms with Crippen molar-refractivity contribution in [1.82, 2.24) is 5.32 Å². The van der Waals surface area contributed by atoms with Crippen molar-refractivity contribution >= 4 is 6.09 Å². The van der Waals surface area contributed by atoms with Crippen LogP contribution in [0.3, 0.4) is 0 Å². The molecule has 26 heavy (non-hydrogen) atoms. The summed E-state index contributed by atoms with van der Waals surface area (Å²) in [6.45, 7) is 9.36. The molecular weight excluding hydrogens is 343 g/mol. The molecule has 2 fully saturated rings. The quantitative estimate of drug-likeness (QED) is 0.732. The van der Waals surface area contributed by atoms with Gasteiger partial charge in [-0.2, -0.15) is 0 Å². The van der Waals surface area contributed by atoms with E-state index >= 15 is 0 Å². The van der Waals surface area contributed by atoms with Crippen LogP contribution in [0.1, 0.15) is 65.9 Å². The summed E-state index contributed by atoms with van der Waals surface area (Å²) >= 11 is 0. The van der Waals surface area contributed by atoms with E-state index in [1.165, 1.54) is 6.07 Å². The van der Waals surface area contributed by atoms with Crippen LogP contribution < -0.4 is 5.32 Å². The number of carbonyl (C=O) groups is 1. The second-order valence-corrected chi connectivity index (χ2v) is 8.19. The van der Waals surface area contributed by atoms with Crippen LogP contribution in [-0.4, -0.2) is 17.7 Å². The molecule has 146 valence electrons. The zero-order valence-electron chi connectivity index (χ0n) is 16.1. The van der Waals surface area contributed by atoms with Crippen LogP contribution in [0.4, 0.5) is 18.0 Å². The van der Waals surface area contributed by atoms with E-state index in [9.17, 15) is 18.0 Å². The molecule has 0 atom stereocenters. The van der Waals surface area contributed by atoms with Crippen molar-refractivity contribution in [2.24, 2.45) is 5.41 Å². The van der Waals surface area contributed by atoms with Crippen molar-refractivity contribution in [3.63, 3.8) is 0 Å². The van der Waals surface area contributed by atoms with Crippen LogP contribution in [-0.2, 0) is 10.4 Å². The number of nitrogens with one attached hydrogen (secondary N) is 1. The fourth-order valence-corrected chi connectivity index (χ4v) is 4.03. The second kappa shape index (κ2) is 7.12. The predicted octanol–water partition coefficient (Wildman–Crippen LogP) is 5.62. The molecule has 2 aliphatic carbocycles. The standard InChI is InChI=1S/C18H22F3NO2.C2H6/c1-16(2,3)24-15(23)22-12-7-17(8-12)9-18(21,10-17)13-5-4-11(19)6-14(13)20;1-2/h4-6,12H,7-10H2,1-3H3,(H,22,23);1-2H3. The third-order valence-electron chi connectivity index (χ3n) is 4.80. The molecule has 6 heteroatoms. The van der Waals surface area contributed by atoms with Crippen LogP contribution in [0.5, 0.6) is 0 Å². The van der Waals surface area contributed by atoms with E-state index in [4.69, 9.17) is 4.74 Å². The zero-order valence-corrected chi connectivity index (χ0v) is 16.1. The molecule has 1 N–H and O–H groups in total. The summed E-state index contributed by atoms with van der Waals surface area (Å²) in [5, 5.41) is 2.78. The largest absolute Gasteiger partial charge is 0.444 e. The van der Waals surface area contributed by atoms with Crippen LogP contribution in [0.2, 0.25) is 0 Å². The predicted molar refractivity (Wildman–Crippen MR) is 94.6 cm³/mol. The first-order valence-corrected chi connectivity index (χ1v) is 9.14. The molecule has 3 nitrogen and oxygen atoms in total. The zero-order chi connectivity index (χ0) is 19.8. The summed E-state index contributed by atoms with van der Waals surface area (Å²) in [6, 6.07) is 2.95. The number of rotatable bonds is 2. The fraction of sp³-hybridized carbons (Fsp3) is 0.650. The topological polar surface area (TPSA) is 38.3 Å². The van der Waals surface area contributed by atoms with Crippen molar-refractivity contribution < 1.29 is 22.7 Å². The SMILES string of the molecule is CC.CC(C)(C)OC(=O)NC1CC2(C1)CC(F)(c1ccc(F)cc1F)C2. The molecule has 0 saturated heterocycles. The number of ether oxygens (including phenoxy) is 1. The Morgan fingerprint density at radius 1 is 1.19 bits per heavy atom. The van der Waals surface area contributed by atoms with Gasteiger partial charge in [-0.3, -0.25) is 0 Å². The molecule has 0 unspecified atom stereocenters. The van der Waals surface area contributed by atoms with Gasteiger partial charge in [-0.25, -0.2) is 18.0 Å². The summed E-state index contributed by atoms with van der Waals surface area (Å²) in [7, 11) is 0. The number of alkyl halides is 1. The molecule has 1 amide bonds. The normalized spacial score (nSPS) is 29.8. The molecular formula is C20H28F3NO2. The van der Waals surface area contributed by atoms with Crippen molar-refractivity contribution in [3.8, 4) is 0 Å². The van der Waals surface area contributed by atoms with E-state index in [0.29, 0.717) is 12.8 Å². The van der Waals surface area contributed by atoms with Gasteiger partial charge in [0.1, 0.15) is 22.9 Å². The summed E-state index contributed by atoms with van der Waals surface area (Å²) in [5.41, 5.74) is -2.57. The maximum absolute atomic E-state index is 14.9. The van der Waals surface area contributed by atoms with Gasteiger partial charge in [0.2, 0.25) is 0 Å². The van der Waals surface area contributed by atoms with Crippen LogP contribution in [0, 0.1) is 17.0 Å². The summed E-state index contributed by atoms with van der Waals surface area (Å²) in [6.07, 6.45) is 1.24. The smallest absolute Gasteiger partial charge is 0.407 e. The average molecular weight is 371 g/mol. The molecule has 0 heterocycles. The average Bonchev–Trinajstić information content (AvgIpc) is 2.43. The summed E-state index contributed by atoms with van der Waals surface area (Å²) in [5.74, 6) is -1.55. The van der Waals surface area contributed by atoms with Gasteiger partial charge < -0.3 is 10.1 Å². The molecule has 2 saturated carbocycles. The molecule has 0 bridgehead atoms. The molecule has 2 aliphatic rings. The van der Waals surface area contributed by atoms with Gasteiger partial charge in [-0.15, -0.1) is 0 Å².